The lowest BCUT2D eigenvalue weighted by Gasteiger charge is -2.17. The molecule has 1 heteroatoms. The number of aryl methyl sites for hydroxylation is 3. The van der Waals surface area contributed by atoms with Crippen LogP contribution in [-0.4, -0.2) is 0 Å². The molecule has 2 unspecified atom stereocenters. The van der Waals surface area contributed by atoms with Gasteiger partial charge in [0.15, 0.2) is 6.20 Å². The van der Waals surface area contributed by atoms with Crippen molar-refractivity contribution >= 4 is 0 Å². The van der Waals surface area contributed by atoms with Gasteiger partial charge in [-0.3, -0.25) is 0 Å². The SMILES string of the molecule is [2H]C12CCC([2H])(C1)c1c2cc[n+](C)c1-c1ccc(C)cc1C. The molecule has 2 aliphatic rings. The zero-order valence-electron chi connectivity index (χ0n) is 14.5. The predicted octanol–water partition coefficient (Wildman–Crippen LogP) is 4.16. The number of pyridine rings is 1. The van der Waals surface area contributed by atoms with Crippen LogP contribution in [0.1, 0.15) is 56.0 Å². The molecule has 0 aliphatic heterocycles. The Morgan fingerprint density at radius 3 is 2.75 bits per heavy atom. The van der Waals surface area contributed by atoms with Gasteiger partial charge in [-0.2, -0.15) is 0 Å². The number of hydrogen-bond donors (Lipinski definition) is 0. The number of fused-ring (bicyclic) bond motifs is 5. The number of nitrogens with zero attached hydrogens (tertiary/aromatic N) is 1. The van der Waals surface area contributed by atoms with E-state index in [-0.39, 0.29) is 0 Å². The van der Waals surface area contributed by atoms with E-state index >= 15 is 0 Å². The summed E-state index contributed by atoms with van der Waals surface area (Å²) in [6.45, 7) is 4.25. The van der Waals surface area contributed by atoms with Crippen LogP contribution in [0.2, 0.25) is 0 Å². The minimum atomic E-state index is -0.581. The molecular weight excluding hydrogens is 242 g/mol. The van der Waals surface area contributed by atoms with Gasteiger partial charge < -0.3 is 0 Å². The van der Waals surface area contributed by atoms with E-state index in [0.29, 0.717) is 6.42 Å². The van der Waals surface area contributed by atoms with E-state index in [4.69, 9.17) is 2.74 Å². The summed E-state index contributed by atoms with van der Waals surface area (Å²) in [5, 5.41) is 0. The van der Waals surface area contributed by atoms with Crippen molar-refractivity contribution < 1.29 is 7.31 Å². The maximum atomic E-state index is 8.94. The number of benzene rings is 1. The van der Waals surface area contributed by atoms with Crippen LogP contribution in [0.25, 0.3) is 11.3 Å². The predicted molar refractivity (Wildman–Crippen MR) is 81.9 cm³/mol. The topological polar surface area (TPSA) is 3.88 Å². The molecule has 2 aromatic rings. The Balaban J connectivity index is 2.05. The van der Waals surface area contributed by atoms with E-state index in [1.54, 1.807) is 0 Å². The Morgan fingerprint density at radius 2 is 1.95 bits per heavy atom. The zero-order valence-corrected chi connectivity index (χ0v) is 12.5. The fourth-order valence-electron chi connectivity index (χ4n) is 3.88. The van der Waals surface area contributed by atoms with Crippen molar-refractivity contribution in [1.82, 2.24) is 0 Å². The molecule has 2 bridgehead atoms. The van der Waals surface area contributed by atoms with Crippen LogP contribution in [0.3, 0.4) is 0 Å². The molecule has 0 amide bonds. The summed E-state index contributed by atoms with van der Waals surface area (Å²) in [6.07, 6.45) is 4.35. The normalized spacial score (nSPS) is 31.9. The minimum absolute atomic E-state index is 0.543. The van der Waals surface area contributed by atoms with Crippen LogP contribution in [0.5, 0.6) is 0 Å². The first-order chi connectivity index (χ1) is 10.3. The molecule has 0 N–H and O–H groups in total. The van der Waals surface area contributed by atoms with Gasteiger partial charge in [0, 0.05) is 19.9 Å². The lowest BCUT2D eigenvalue weighted by Crippen LogP contribution is -2.33. The van der Waals surface area contributed by atoms with Crippen LogP contribution < -0.4 is 4.57 Å². The van der Waals surface area contributed by atoms with Gasteiger partial charge in [0.25, 0.3) is 0 Å². The molecule has 1 nitrogen and oxygen atoms in total. The van der Waals surface area contributed by atoms with E-state index in [1.807, 2.05) is 0 Å². The smallest absolute Gasteiger partial charge is 0.201 e. The molecule has 102 valence electrons. The van der Waals surface area contributed by atoms with Gasteiger partial charge >= 0.3 is 0 Å². The van der Waals surface area contributed by atoms with Crippen molar-refractivity contribution in [3.63, 3.8) is 0 Å². The molecule has 0 radical (unpaired) electrons. The first-order valence-corrected chi connectivity index (χ1v) is 7.45. The van der Waals surface area contributed by atoms with E-state index in [1.165, 1.54) is 16.7 Å². The van der Waals surface area contributed by atoms with Crippen LogP contribution in [-0.2, 0) is 7.05 Å². The molecule has 4 rings (SSSR count). The molecule has 1 saturated carbocycles. The largest absolute Gasteiger partial charge is 0.216 e. The highest BCUT2D eigenvalue weighted by molar-refractivity contribution is 5.68. The number of rotatable bonds is 1. The summed E-state index contributed by atoms with van der Waals surface area (Å²) in [7, 11) is 2.06. The first-order valence-electron chi connectivity index (χ1n) is 8.45. The molecule has 1 aromatic heterocycles. The van der Waals surface area contributed by atoms with Gasteiger partial charge in [0.2, 0.25) is 5.69 Å². The Kier molecular flexibility index (Phi) is 2.12. The van der Waals surface area contributed by atoms with Crippen LogP contribution in [0.15, 0.2) is 30.5 Å². The maximum absolute atomic E-state index is 8.94. The molecule has 1 aromatic carbocycles. The summed E-state index contributed by atoms with van der Waals surface area (Å²) in [5.74, 6) is -1.12. The highest BCUT2D eigenvalue weighted by Crippen LogP contribution is 2.54. The second-order valence-electron chi connectivity index (χ2n) is 6.27. The zero-order chi connectivity index (χ0) is 15.7. The van der Waals surface area contributed by atoms with Crippen molar-refractivity contribution in [2.45, 2.75) is 44.9 Å². The van der Waals surface area contributed by atoms with Gasteiger partial charge in [-0.15, -0.1) is 0 Å². The quantitative estimate of drug-likeness (QED) is 0.682. The van der Waals surface area contributed by atoms with Crippen molar-refractivity contribution in [3.8, 4) is 11.3 Å². The Labute approximate surface area is 124 Å². The fourth-order valence-corrected chi connectivity index (χ4v) is 3.88. The summed E-state index contributed by atoms with van der Waals surface area (Å²) < 4.78 is 19.8. The van der Waals surface area contributed by atoms with Crippen LogP contribution in [0.4, 0.5) is 0 Å². The molecule has 2 atom stereocenters. The van der Waals surface area contributed by atoms with Gasteiger partial charge in [-0.1, -0.05) is 17.7 Å². The maximum Gasteiger partial charge on any atom is 0.216 e. The summed E-state index contributed by atoms with van der Waals surface area (Å²) in [5.41, 5.74) is 7.03. The molecule has 0 spiro atoms. The standard InChI is InChI=1S/C19H22N/c1-12-4-7-16(13(2)10-12)19-18-15-6-5-14(11-15)17(18)8-9-20(19)3/h4,7-10,14-15H,5-6,11H2,1-3H3/q+1/i14D,15D. The highest BCUT2D eigenvalue weighted by Gasteiger charge is 2.41. The van der Waals surface area contributed by atoms with Gasteiger partial charge in [-0.05, 0) is 62.1 Å². The monoisotopic (exact) mass is 266 g/mol. The molecule has 0 saturated heterocycles. The van der Waals surface area contributed by atoms with Crippen molar-refractivity contribution in [2.24, 2.45) is 7.05 Å². The van der Waals surface area contributed by atoms with Gasteiger partial charge in [0.1, 0.15) is 7.05 Å². The third-order valence-electron chi connectivity index (χ3n) is 4.85. The van der Waals surface area contributed by atoms with E-state index < -0.39 is 11.8 Å². The second kappa shape index (κ2) is 4.18. The van der Waals surface area contributed by atoms with Gasteiger partial charge in [-0.25, -0.2) is 4.57 Å². The molecule has 1 heterocycles. The van der Waals surface area contributed by atoms with Crippen molar-refractivity contribution in [1.29, 1.82) is 0 Å². The summed E-state index contributed by atoms with van der Waals surface area (Å²) in [6, 6.07) is 8.59. The lowest BCUT2D eigenvalue weighted by atomic mass is 9.87. The Morgan fingerprint density at radius 1 is 1.15 bits per heavy atom. The molecule has 20 heavy (non-hydrogen) atoms. The molecule has 2 aliphatic carbocycles. The van der Waals surface area contributed by atoms with E-state index in [9.17, 15) is 0 Å². The molecular formula is C19H22N+. The van der Waals surface area contributed by atoms with Crippen LogP contribution in [0, 0.1) is 13.8 Å². The summed E-state index contributed by atoms with van der Waals surface area (Å²) >= 11 is 0. The summed E-state index contributed by atoms with van der Waals surface area (Å²) in [4.78, 5) is 0. The second-order valence-corrected chi connectivity index (χ2v) is 6.27. The Bertz CT molecular complexity index is 798. The third-order valence-corrected chi connectivity index (χ3v) is 4.85. The van der Waals surface area contributed by atoms with Crippen LogP contribution >= 0.6 is 0 Å². The van der Waals surface area contributed by atoms with Crippen molar-refractivity contribution in [2.75, 3.05) is 0 Å². The average molecular weight is 266 g/mol. The number of aromatic nitrogens is 1. The lowest BCUT2D eigenvalue weighted by molar-refractivity contribution is -0.660. The van der Waals surface area contributed by atoms with E-state index in [0.717, 1.165) is 29.7 Å². The van der Waals surface area contributed by atoms with Gasteiger partial charge in [0.05, 0.1) is 0 Å². The first kappa shape index (κ1) is 10.1. The minimum Gasteiger partial charge on any atom is -0.201 e. The average Bonchev–Trinajstić information content (AvgIpc) is 2.87. The Hall–Kier alpha value is -1.63. The van der Waals surface area contributed by atoms with E-state index in [2.05, 4.69) is 55.9 Å². The van der Waals surface area contributed by atoms with Crippen molar-refractivity contribution in [3.05, 3.63) is 52.7 Å². The highest BCUT2D eigenvalue weighted by atomic mass is 14.9. The molecule has 1 fully saturated rings. The third kappa shape index (κ3) is 1.59. The number of hydrogen-bond acceptors (Lipinski definition) is 0. The fraction of sp³-hybridized carbons (Fsp3) is 0.421.